The van der Waals surface area contributed by atoms with Crippen LogP contribution in [0, 0.1) is 6.92 Å². The van der Waals surface area contributed by atoms with Gasteiger partial charge in [0.25, 0.3) is 0 Å². The van der Waals surface area contributed by atoms with E-state index in [0.717, 1.165) is 18.7 Å². The van der Waals surface area contributed by atoms with Gasteiger partial charge in [0, 0.05) is 38.1 Å². The molecule has 0 aromatic carbocycles. The monoisotopic (exact) mass is 190 g/mol. The summed E-state index contributed by atoms with van der Waals surface area (Å²) < 4.78 is 4.10. The van der Waals surface area contributed by atoms with Gasteiger partial charge in [-0.05, 0) is 6.92 Å². The van der Waals surface area contributed by atoms with Crippen molar-refractivity contribution in [1.82, 2.24) is 19.1 Å². The van der Waals surface area contributed by atoms with Crippen molar-refractivity contribution >= 4 is 0 Å². The molecule has 0 amide bonds. The highest BCUT2D eigenvalue weighted by atomic mass is 15.0. The average molecular weight is 190 g/mol. The molecule has 0 unspecified atom stereocenters. The van der Waals surface area contributed by atoms with E-state index >= 15 is 0 Å². The fourth-order valence-electron chi connectivity index (χ4n) is 1.45. The number of aromatic nitrogens is 4. The largest absolute Gasteiger partial charge is 0.340 e. The molecule has 4 heteroatoms. The third kappa shape index (κ3) is 1.84. The Kier molecular flexibility index (Phi) is 2.35. The highest BCUT2D eigenvalue weighted by molar-refractivity contribution is 4.99. The maximum atomic E-state index is 4.27. The minimum atomic E-state index is 0.947. The van der Waals surface area contributed by atoms with Crippen LogP contribution in [-0.4, -0.2) is 19.1 Å². The van der Waals surface area contributed by atoms with Crippen LogP contribution in [0.3, 0.4) is 0 Å². The van der Waals surface area contributed by atoms with E-state index < -0.39 is 0 Å². The topological polar surface area (TPSA) is 35.6 Å². The van der Waals surface area contributed by atoms with E-state index in [1.165, 1.54) is 5.69 Å². The molecule has 0 aliphatic carbocycles. The Morgan fingerprint density at radius 3 is 2.79 bits per heavy atom. The van der Waals surface area contributed by atoms with Gasteiger partial charge in [-0.2, -0.15) is 0 Å². The van der Waals surface area contributed by atoms with Gasteiger partial charge in [0.05, 0.1) is 18.3 Å². The van der Waals surface area contributed by atoms with Crippen molar-refractivity contribution in [3.63, 3.8) is 0 Å². The normalized spacial score (nSPS) is 10.7. The van der Waals surface area contributed by atoms with Crippen LogP contribution in [0.15, 0.2) is 25.0 Å². The highest BCUT2D eigenvalue weighted by Crippen LogP contribution is 2.01. The first kappa shape index (κ1) is 8.99. The second-order valence-corrected chi connectivity index (χ2v) is 3.51. The Labute approximate surface area is 83.2 Å². The van der Waals surface area contributed by atoms with Gasteiger partial charge in [0.1, 0.15) is 0 Å². The Balaban J connectivity index is 1.98. The molecule has 0 spiro atoms. The van der Waals surface area contributed by atoms with E-state index in [4.69, 9.17) is 0 Å². The number of imidazole rings is 2. The van der Waals surface area contributed by atoms with Crippen LogP contribution in [-0.2, 0) is 20.0 Å². The molecule has 14 heavy (non-hydrogen) atoms. The van der Waals surface area contributed by atoms with Crippen molar-refractivity contribution in [1.29, 1.82) is 0 Å². The Hall–Kier alpha value is -1.58. The molecule has 0 fully saturated rings. The van der Waals surface area contributed by atoms with E-state index in [0.29, 0.717) is 0 Å². The van der Waals surface area contributed by atoms with Crippen molar-refractivity contribution in [3.05, 3.63) is 36.4 Å². The lowest BCUT2D eigenvalue weighted by atomic mass is 10.3. The molecule has 2 heterocycles. The molecular formula is C10H14N4. The van der Waals surface area contributed by atoms with Crippen LogP contribution in [0.4, 0.5) is 0 Å². The lowest BCUT2D eigenvalue weighted by molar-refractivity contribution is 0.669. The summed E-state index contributed by atoms with van der Waals surface area (Å²) in [6.45, 7) is 3.01. The van der Waals surface area contributed by atoms with Gasteiger partial charge in [0.2, 0.25) is 0 Å². The van der Waals surface area contributed by atoms with E-state index in [2.05, 4.69) is 21.5 Å². The number of aryl methyl sites for hydroxylation is 4. The minimum Gasteiger partial charge on any atom is -0.340 e. The van der Waals surface area contributed by atoms with Crippen LogP contribution in [0.1, 0.15) is 11.4 Å². The number of hydrogen-bond donors (Lipinski definition) is 0. The summed E-state index contributed by atoms with van der Waals surface area (Å²) >= 11 is 0. The Morgan fingerprint density at radius 2 is 2.21 bits per heavy atom. The van der Waals surface area contributed by atoms with Crippen molar-refractivity contribution in [2.45, 2.75) is 19.9 Å². The van der Waals surface area contributed by atoms with Crippen molar-refractivity contribution < 1.29 is 0 Å². The van der Waals surface area contributed by atoms with E-state index in [9.17, 15) is 0 Å². The SMILES string of the molecule is Cc1cncn1CCc1cn(C)cn1. The molecular weight excluding hydrogens is 176 g/mol. The summed E-state index contributed by atoms with van der Waals surface area (Å²) in [6, 6.07) is 0. The standard InChI is InChI=1S/C10H14N4/c1-9-5-11-7-14(9)4-3-10-6-13(2)8-12-10/h5-8H,3-4H2,1-2H3. The molecule has 0 atom stereocenters. The molecule has 4 nitrogen and oxygen atoms in total. The summed E-state index contributed by atoms with van der Waals surface area (Å²) in [7, 11) is 1.99. The third-order valence-corrected chi connectivity index (χ3v) is 2.29. The van der Waals surface area contributed by atoms with Crippen LogP contribution in [0.25, 0.3) is 0 Å². The van der Waals surface area contributed by atoms with Gasteiger partial charge in [-0.15, -0.1) is 0 Å². The molecule has 2 aromatic rings. The van der Waals surface area contributed by atoms with E-state index in [-0.39, 0.29) is 0 Å². The zero-order valence-electron chi connectivity index (χ0n) is 8.51. The molecule has 0 bridgehead atoms. The molecule has 0 saturated heterocycles. The first-order valence-corrected chi connectivity index (χ1v) is 4.69. The number of nitrogens with zero attached hydrogens (tertiary/aromatic N) is 4. The predicted octanol–water partition coefficient (Wildman–Crippen LogP) is 1.17. The second-order valence-electron chi connectivity index (χ2n) is 3.51. The maximum Gasteiger partial charge on any atom is 0.0948 e. The highest BCUT2D eigenvalue weighted by Gasteiger charge is 1.99. The average Bonchev–Trinajstić information content (AvgIpc) is 2.72. The lowest BCUT2D eigenvalue weighted by Crippen LogP contribution is -2.01. The first-order valence-electron chi connectivity index (χ1n) is 4.69. The molecule has 0 aliphatic rings. The predicted molar refractivity (Wildman–Crippen MR) is 53.9 cm³/mol. The summed E-state index contributed by atoms with van der Waals surface area (Å²) in [6.07, 6.45) is 8.57. The van der Waals surface area contributed by atoms with E-state index in [1.54, 1.807) is 0 Å². The van der Waals surface area contributed by atoms with Crippen molar-refractivity contribution in [2.75, 3.05) is 0 Å². The van der Waals surface area contributed by atoms with Crippen LogP contribution in [0.2, 0.25) is 0 Å². The van der Waals surface area contributed by atoms with Gasteiger partial charge in [-0.1, -0.05) is 0 Å². The first-order chi connectivity index (χ1) is 6.75. The third-order valence-electron chi connectivity index (χ3n) is 2.29. The summed E-state index contributed by atoms with van der Waals surface area (Å²) in [5, 5.41) is 0. The zero-order chi connectivity index (χ0) is 9.97. The number of hydrogen-bond acceptors (Lipinski definition) is 2. The quantitative estimate of drug-likeness (QED) is 0.728. The van der Waals surface area contributed by atoms with Crippen LogP contribution in [0.5, 0.6) is 0 Å². The van der Waals surface area contributed by atoms with Gasteiger partial charge in [-0.3, -0.25) is 0 Å². The second kappa shape index (κ2) is 3.65. The van der Waals surface area contributed by atoms with Crippen LogP contribution < -0.4 is 0 Å². The fraction of sp³-hybridized carbons (Fsp3) is 0.400. The van der Waals surface area contributed by atoms with Gasteiger partial charge in [-0.25, -0.2) is 9.97 Å². The maximum absolute atomic E-state index is 4.27. The van der Waals surface area contributed by atoms with Gasteiger partial charge < -0.3 is 9.13 Å². The number of rotatable bonds is 3. The zero-order valence-corrected chi connectivity index (χ0v) is 8.51. The Bertz CT molecular complexity index is 413. The molecule has 0 aliphatic heterocycles. The lowest BCUT2D eigenvalue weighted by Gasteiger charge is -2.02. The van der Waals surface area contributed by atoms with Crippen molar-refractivity contribution in [2.24, 2.45) is 7.05 Å². The molecule has 0 N–H and O–H groups in total. The fourth-order valence-corrected chi connectivity index (χ4v) is 1.45. The summed E-state index contributed by atoms with van der Waals surface area (Å²) in [5.74, 6) is 0. The molecule has 74 valence electrons. The smallest absolute Gasteiger partial charge is 0.0948 e. The van der Waals surface area contributed by atoms with E-state index in [1.807, 2.05) is 36.7 Å². The van der Waals surface area contributed by atoms with Crippen molar-refractivity contribution in [3.8, 4) is 0 Å². The summed E-state index contributed by atoms with van der Waals surface area (Å²) in [4.78, 5) is 8.35. The molecule has 2 aromatic heterocycles. The Morgan fingerprint density at radius 1 is 1.36 bits per heavy atom. The molecule has 0 radical (unpaired) electrons. The van der Waals surface area contributed by atoms with Crippen LogP contribution >= 0.6 is 0 Å². The minimum absolute atomic E-state index is 0.947. The van der Waals surface area contributed by atoms with Gasteiger partial charge >= 0.3 is 0 Å². The summed E-state index contributed by atoms with van der Waals surface area (Å²) in [5.41, 5.74) is 2.32. The molecule has 0 saturated carbocycles. The van der Waals surface area contributed by atoms with Gasteiger partial charge in [0.15, 0.2) is 0 Å². The molecule has 2 rings (SSSR count).